The van der Waals surface area contributed by atoms with Gasteiger partial charge in [0.25, 0.3) is 5.91 Å². The van der Waals surface area contributed by atoms with Crippen LogP contribution in [0.15, 0.2) is 12.1 Å². The Morgan fingerprint density at radius 3 is 2.62 bits per heavy atom. The zero-order valence-electron chi connectivity index (χ0n) is 14.6. The van der Waals surface area contributed by atoms with E-state index in [1.54, 1.807) is 0 Å². The van der Waals surface area contributed by atoms with Crippen LogP contribution in [0.2, 0.25) is 0 Å². The lowest BCUT2D eigenvalue weighted by Crippen LogP contribution is -2.45. The summed E-state index contributed by atoms with van der Waals surface area (Å²) in [5, 5.41) is 0. The van der Waals surface area contributed by atoms with E-state index in [9.17, 15) is 4.79 Å². The van der Waals surface area contributed by atoms with Crippen LogP contribution in [0, 0.1) is 6.92 Å². The summed E-state index contributed by atoms with van der Waals surface area (Å²) >= 11 is 1.90. The number of piperidine rings is 1. The third-order valence-corrected chi connectivity index (χ3v) is 6.88. The van der Waals surface area contributed by atoms with E-state index < -0.39 is 0 Å². The maximum Gasteiger partial charge on any atom is 0.251 e. The van der Waals surface area contributed by atoms with E-state index in [4.69, 9.17) is 4.74 Å². The number of aryl methyl sites for hydroxylation is 1. The van der Waals surface area contributed by atoms with Crippen molar-refractivity contribution in [3.05, 3.63) is 21.9 Å². The van der Waals surface area contributed by atoms with Crippen LogP contribution in [0.4, 0.5) is 0 Å². The summed E-state index contributed by atoms with van der Waals surface area (Å²) in [4.78, 5) is 20.0. The Morgan fingerprint density at radius 1 is 1.21 bits per heavy atom. The van der Waals surface area contributed by atoms with Gasteiger partial charge < -0.3 is 9.64 Å². The predicted octanol–water partition coefficient (Wildman–Crippen LogP) is 3.19. The molecule has 4 heterocycles. The van der Waals surface area contributed by atoms with Crippen molar-refractivity contribution >= 4 is 17.2 Å². The van der Waals surface area contributed by atoms with E-state index in [2.05, 4.69) is 24.0 Å². The summed E-state index contributed by atoms with van der Waals surface area (Å²) in [6.07, 6.45) is 6.25. The lowest BCUT2D eigenvalue weighted by molar-refractivity contribution is -0.150. The fourth-order valence-electron chi connectivity index (χ4n) is 4.41. The summed E-state index contributed by atoms with van der Waals surface area (Å²) in [5.41, 5.74) is -0.0259. The van der Waals surface area contributed by atoms with E-state index in [0.717, 1.165) is 71.2 Å². The van der Waals surface area contributed by atoms with Crippen molar-refractivity contribution in [2.24, 2.45) is 0 Å². The second-order valence-electron chi connectivity index (χ2n) is 7.65. The predicted molar refractivity (Wildman–Crippen MR) is 96.2 cm³/mol. The van der Waals surface area contributed by atoms with Gasteiger partial charge >= 0.3 is 0 Å². The SMILES string of the molecule is Cc1ccc(CN2CCC3(CC[C@H](C(=O)N4CCCC4)O3)CC2)s1. The summed E-state index contributed by atoms with van der Waals surface area (Å²) in [7, 11) is 0. The minimum Gasteiger partial charge on any atom is -0.362 e. The highest BCUT2D eigenvalue weighted by molar-refractivity contribution is 7.11. The number of hydrogen-bond acceptors (Lipinski definition) is 4. The standard InChI is InChI=1S/C19H28N2O2S/c1-15-4-5-16(24-15)14-20-12-8-19(9-13-20)7-6-17(23-19)18(22)21-10-2-3-11-21/h4-5,17H,2-3,6-14H2,1H3/t17-/m1/s1. The molecule has 4 rings (SSSR count). The Morgan fingerprint density at radius 2 is 1.96 bits per heavy atom. The van der Waals surface area contributed by atoms with Gasteiger partial charge in [-0.05, 0) is 57.6 Å². The Balaban J connectivity index is 1.29. The molecule has 0 unspecified atom stereocenters. The van der Waals surface area contributed by atoms with Crippen molar-refractivity contribution in [1.29, 1.82) is 0 Å². The van der Waals surface area contributed by atoms with Crippen LogP contribution >= 0.6 is 11.3 Å². The first kappa shape index (κ1) is 16.6. The second-order valence-corrected chi connectivity index (χ2v) is 9.02. The van der Waals surface area contributed by atoms with Crippen molar-refractivity contribution in [2.75, 3.05) is 26.2 Å². The molecule has 24 heavy (non-hydrogen) atoms. The van der Waals surface area contributed by atoms with Crippen LogP contribution in [-0.2, 0) is 16.1 Å². The van der Waals surface area contributed by atoms with Gasteiger partial charge in [-0.25, -0.2) is 0 Å². The molecular weight excluding hydrogens is 320 g/mol. The first-order valence-electron chi connectivity index (χ1n) is 9.38. The molecule has 1 aromatic rings. The molecule has 0 bridgehead atoms. The highest BCUT2D eigenvalue weighted by Crippen LogP contribution is 2.40. The molecule has 0 aliphatic carbocycles. The molecule has 1 spiro atoms. The van der Waals surface area contributed by atoms with Crippen LogP contribution in [0.5, 0.6) is 0 Å². The van der Waals surface area contributed by atoms with Crippen LogP contribution in [0.3, 0.4) is 0 Å². The van der Waals surface area contributed by atoms with E-state index in [1.807, 2.05) is 16.2 Å². The van der Waals surface area contributed by atoms with Gasteiger partial charge in [-0.2, -0.15) is 0 Å². The molecule has 3 fully saturated rings. The molecule has 3 saturated heterocycles. The molecule has 1 amide bonds. The first-order valence-corrected chi connectivity index (χ1v) is 10.2. The third kappa shape index (κ3) is 3.39. The molecule has 132 valence electrons. The number of ether oxygens (including phenoxy) is 1. The van der Waals surface area contributed by atoms with Crippen LogP contribution in [0.25, 0.3) is 0 Å². The van der Waals surface area contributed by atoms with Crippen molar-refractivity contribution < 1.29 is 9.53 Å². The van der Waals surface area contributed by atoms with Crippen molar-refractivity contribution in [2.45, 2.75) is 63.7 Å². The van der Waals surface area contributed by atoms with Crippen LogP contribution < -0.4 is 0 Å². The third-order valence-electron chi connectivity index (χ3n) is 5.89. The molecule has 4 nitrogen and oxygen atoms in total. The summed E-state index contributed by atoms with van der Waals surface area (Å²) in [5.74, 6) is 0.251. The smallest absolute Gasteiger partial charge is 0.251 e. The average Bonchev–Trinajstić information content (AvgIpc) is 3.31. The monoisotopic (exact) mass is 348 g/mol. The van der Waals surface area contributed by atoms with Gasteiger partial charge in [0.05, 0.1) is 5.60 Å². The Bertz CT molecular complexity index is 586. The average molecular weight is 349 g/mol. The summed E-state index contributed by atoms with van der Waals surface area (Å²) in [6, 6.07) is 4.46. The molecule has 0 saturated carbocycles. The normalized spacial score (nSPS) is 27.2. The maximum absolute atomic E-state index is 12.6. The molecular formula is C19H28N2O2S. The van der Waals surface area contributed by atoms with Gasteiger partial charge in [0.15, 0.2) is 0 Å². The number of thiophene rings is 1. The number of carbonyl (C=O) groups excluding carboxylic acids is 1. The molecule has 3 aliphatic heterocycles. The molecule has 1 atom stereocenters. The van der Waals surface area contributed by atoms with Crippen molar-refractivity contribution in [1.82, 2.24) is 9.80 Å². The van der Waals surface area contributed by atoms with Gasteiger partial charge in [0.2, 0.25) is 0 Å². The minimum atomic E-state index is -0.172. The number of likely N-dealkylation sites (tertiary alicyclic amines) is 2. The zero-order chi connectivity index (χ0) is 16.6. The molecule has 0 radical (unpaired) electrons. The minimum absolute atomic E-state index is 0.0259. The Hall–Kier alpha value is -0.910. The lowest BCUT2D eigenvalue weighted by atomic mass is 9.88. The topological polar surface area (TPSA) is 32.8 Å². The van der Waals surface area contributed by atoms with Gasteiger partial charge in [-0.3, -0.25) is 9.69 Å². The summed E-state index contributed by atoms with van der Waals surface area (Å²) in [6.45, 7) is 7.26. The van der Waals surface area contributed by atoms with E-state index in [-0.39, 0.29) is 17.6 Å². The fourth-order valence-corrected chi connectivity index (χ4v) is 5.34. The molecule has 0 N–H and O–H groups in total. The number of amides is 1. The quantitative estimate of drug-likeness (QED) is 0.841. The first-order chi connectivity index (χ1) is 11.6. The van der Waals surface area contributed by atoms with Gasteiger partial charge in [-0.15, -0.1) is 11.3 Å². The van der Waals surface area contributed by atoms with E-state index >= 15 is 0 Å². The Kier molecular flexibility index (Phi) is 4.67. The highest BCUT2D eigenvalue weighted by atomic mass is 32.1. The van der Waals surface area contributed by atoms with Crippen molar-refractivity contribution in [3.63, 3.8) is 0 Å². The summed E-state index contributed by atoms with van der Waals surface area (Å²) < 4.78 is 6.35. The Labute approximate surface area is 148 Å². The van der Waals surface area contributed by atoms with E-state index in [0.29, 0.717) is 0 Å². The zero-order valence-corrected chi connectivity index (χ0v) is 15.4. The maximum atomic E-state index is 12.6. The number of hydrogen-bond donors (Lipinski definition) is 0. The highest BCUT2D eigenvalue weighted by Gasteiger charge is 2.45. The van der Waals surface area contributed by atoms with E-state index in [1.165, 1.54) is 9.75 Å². The molecule has 1 aromatic heterocycles. The van der Waals surface area contributed by atoms with Crippen molar-refractivity contribution in [3.8, 4) is 0 Å². The molecule has 0 aromatic carbocycles. The number of rotatable bonds is 3. The fraction of sp³-hybridized carbons (Fsp3) is 0.737. The largest absolute Gasteiger partial charge is 0.362 e. The number of nitrogens with zero attached hydrogens (tertiary/aromatic N) is 2. The van der Waals surface area contributed by atoms with Gasteiger partial charge in [0, 0.05) is 42.5 Å². The molecule has 5 heteroatoms. The van der Waals surface area contributed by atoms with Gasteiger partial charge in [-0.1, -0.05) is 0 Å². The van der Waals surface area contributed by atoms with Gasteiger partial charge in [0.1, 0.15) is 6.10 Å². The second kappa shape index (κ2) is 6.77. The number of carbonyl (C=O) groups is 1. The molecule has 3 aliphatic rings. The lowest BCUT2D eigenvalue weighted by Gasteiger charge is -2.39. The van der Waals surface area contributed by atoms with Crippen LogP contribution in [-0.4, -0.2) is 53.6 Å². The van der Waals surface area contributed by atoms with Crippen LogP contribution in [0.1, 0.15) is 48.3 Å².